The van der Waals surface area contributed by atoms with E-state index in [1.54, 1.807) is 0 Å². The summed E-state index contributed by atoms with van der Waals surface area (Å²) >= 11 is 1.21. The number of hydrogen-bond donors (Lipinski definition) is 1. The van der Waals surface area contributed by atoms with Gasteiger partial charge in [-0.2, -0.15) is 0 Å². The molecule has 0 amide bonds. The molecule has 0 bridgehead atoms. The van der Waals surface area contributed by atoms with Crippen LogP contribution in [0.4, 0.5) is 4.39 Å². The molecule has 1 atom stereocenters. The first-order valence-electron chi connectivity index (χ1n) is 6.44. The van der Waals surface area contributed by atoms with E-state index in [0.29, 0.717) is 5.69 Å². The van der Waals surface area contributed by atoms with Gasteiger partial charge in [0.05, 0.1) is 0 Å². The van der Waals surface area contributed by atoms with Crippen LogP contribution in [0, 0.1) is 27.9 Å². The van der Waals surface area contributed by atoms with Gasteiger partial charge in [-0.05, 0) is 0 Å². The number of aromatic nitrogens is 1. The summed E-state index contributed by atoms with van der Waals surface area (Å²) in [5, 5.41) is 13.1. The van der Waals surface area contributed by atoms with Gasteiger partial charge in [0.15, 0.2) is 0 Å². The molecule has 1 saturated carbocycles. The normalized spacial score (nSPS) is 16.1. The molecule has 2 nitrogen and oxygen atoms in total. The van der Waals surface area contributed by atoms with Crippen molar-refractivity contribution in [3.8, 4) is 16.1 Å². The second kappa shape index (κ2) is 7.72. The summed E-state index contributed by atoms with van der Waals surface area (Å²) in [6.07, 6.45) is 6.81. The molecule has 1 unspecified atom stereocenters. The van der Waals surface area contributed by atoms with Gasteiger partial charge in [0.25, 0.3) is 0 Å². The van der Waals surface area contributed by atoms with E-state index in [9.17, 15) is 9.50 Å². The van der Waals surface area contributed by atoms with Gasteiger partial charge < -0.3 is 0 Å². The van der Waals surface area contributed by atoms with Gasteiger partial charge in [-0.15, -0.1) is 0 Å². The van der Waals surface area contributed by atoms with Crippen molar-refractivity contribution in [3.63, 3.8) is 0 Å². The fourth-order valence-electron chi connectivity index (χ4n) is 2.36. The van der Waals surface area contributed by atoms with Crippen LogP contribution in [0.1, 0.15) is 43.2 Å². The maximum absolute atomic E-state index is 13.8. The Balaban J connectivity index is 2.20. The molecule has 1 aromatic rings. The van der Waals surface area contributed by atoms with Crippen molar-refractivity contribution < 1.29 is 9.50 Å². The number of hydrogen-bond acceptors (Lipinski definition) is 3. The Bertz CT molecular complexity index is 641. The van der Waals surface area contributed by atoms with E-state index in [2.05, 4.69) is 27.4 Å². The third-order valence-electron chi connectivity index (χ3n) is 3.34. The van der Waals surface area contributed by atoms with Crippen molar-refractivity contribution in [3.05, 3.63) is 29.3 Å². The molecule has 1 aromatic heterocycles. The minimum atomic E-state index is -0.830. The van der Waals surface area contributed by atoms with Crippen LogP contribution >= 0.6 is 19.4 Å². The van der Waals surface area contributed by atoms with Crippen LogP contribution in [0.2, 0.25) is 0 Å². The SMILES string of the molecule is C=P#CSC#Cc1ccc(F)c(C(O)C2CCCC2)n1. The maximum atomic E-state index is 13.8. The molecule has 1 N–H and O–H groups in total. The van der Waals surface area contributed by atoms with Gasteiger partial charge in [-0.3, -0.25) is 0 Å². The number of pyridine rings is 1. The summed E-state index contributed by atoms with van der Waals surface area (Å²) in [6.45, 7) is 0. The number of aliphatic hydroxyl groups is 1. The summed E-state index contributed by atoms with van der Waals surface area (Å²) in [6, 6.07) is 2.85. The second-order valence-corrected chi connectivity index (χ2v) is 6.09. The first kappa shape index (κ1) is 15.4. The second-order valence-electron chi connectivity index (χ2n) is 4.63. The van der Waals surface area contributed by atoms with Crippen LogP contribution in [0.25, 0.3) is 0 Å². The molecule has 2 rings (SSSR count). The van der Waals surface area contributed by atoms with Gasteiger partial charge in [0, 0.05) is 0 Å². The zero-order chi connectivity index (χ0) is 14.4. The van der Waals surface area contributed by atoms with Crippen molar-refractivity contribution in [2.75, 3.05) is 0 Å². The number of rotatable bonds is 2. The molecule has 1 fully saturated rings. The first-order valence-corrected chi connectivity index (χ1v) is 8.34. The third-order valence-corrected chi connectivity index (χ3v) is 4.43. The number of thioether (sulfide) groups is 1. The van der Waals surface area contributed by atoms with Gasteiger partial charge in [-0.1, -0.05) is 0 Å². The molecule has 104 valence electrons. The molecule has 0 saturated heterocycles. The Labute approximate surface area is 123 Å². The van der Waals surface area contributed by atoms with Crippen molar-refractivity contribution in [1.82, 2.24) is 4.98 Å². The fraction of sp³-hybridized carbons (Fsp3) is 0.400. The average Bonchev–Trinajstić information content (AvgIpc) is 2.98. The van der Waals surface area contributed by atoms with Gasteiger partial charge in [-0.25, -0.2) is 0 Å². The Kier molecular flexibility index (Phi) is 5.95. The molecular formula is C15H15FNOPS. The van der Waals surface area contributed by atoms with Gasteiger partial charge >= 0.3 is 123 Å². The van der Waals surface area contributed by atoms with E-state index < -0.39 is 11.9 Å². The number of halogens is 1. The molecule has 1 heterocycles. The summed E-state index contributed by atoms with van der Waals surface area (Å²) in [4.78, 5) is 7.02. The minimum absolute atomic E-state index is 0.112. The topological polar surface area (TPSA) is 33.1 Å². The van der Waals surface area contributed by atoms with E-state index in [-0.39, 0.29) is 11.6 Å². The van der Waals surface area contributed by atoms with E-state index in [4.69, 9.17) is 0 Å². The molecule has 5 heteroatoms. The molecule has 0 radical (unpaired) electrons. The predicted octanol–water partition coefficient (Wildman–Crippen LogP) is 3.78. The van der Waals surface area contributed by atoms with Crippen LogP contribution in [0.5, 0.6) is 0 Å². The van der Waals surface area contributed by atoms with Gasteiger partial charge in [0.2, 0.25) is 0 Å². The Morgan fingerprint density at radius 3 is 2.90 bits per heavy atom. The molecule has 0 aromatic carbocycles. The summed E-state index contributed by atoms with van der Waals surface area (Å²) in [5.74, 6) is 2.47. The standard InChI is InChI=1S/C15H15FNOPS/c1-19-10-20-9-8-12-6-7-13(16)14(17-12)15(18)11-4-2-3-5-11/h6-7,11,15,18H,1-5H2. The molecule has 1 aliphatic rings. The zero-order valence-electron chi connectivity index (χ0n) is 11.0. The monoisotopic (exact) mass is 307 g/mol. The number of nitrogens with zero attached hydrogens (tertiary/aromatic N) is 1. The first-order chi connectivity index (χ1) is 9.72. The number of aliphatic hydroxyl groups excluding tert-OH is 1. The quantitative estimate of drug-likeness (QED) is 0.667. The van der Waals surface area contributed by atoms with Crippen LogP contribution in [0.15, 0.2) is 12.1 Å². The Morgan fingerprint density at radius 2 is 2.20 bits per heavy atom. The van der Waals surface area contributed by atoms with E-state index in [0.717, 1.165) is 33.3 Å². The van der Waals surface area contributed by atoms with Crippen molar-refractivity contribution >= 4 is 25.7 Å². The molecule has 0 aliphatic heterocycles. The fourth-order valence-corrected chi connectivity index (χ4v) is 2.96. The van der Waals surface area contributed by atoms with Crippen LogP contribution in [-0.2, 0) is 0 Å². The van der Waals surface area contributed by atoms with Crippen LogP contribution < -0.4 is 0 Å². The van der Waals surface area contributed by atoms with Gasteiger partial charge in [0.1, 0.15) is 0 Å². The molecule has 0 spiro atoms. The summed E-state index contributed by atoms with van der Waals surface area (Å²) in [5.41, 5.74) is 0.588. The van der Waals surface area contributed by atoms with Crippen molar-refractivity contribution in [2.45, 2.75) is 31.8 Å². The molecule has 1 aliphatic carbocycles. The molecular weight excluding hydrogens is 292 g/mol. The van der Waals surface area contributed by atoms with Crippen LogP contribution in [-0.4, -0.2) is 16.4 Å². The van der Waals surface area contributed by atoms with E-state index in [1.165, 1.54) is 23.9 Å². The summed E-state index contributed by atoms with van der Waals surface area (Å²) < 4.78 is 13.8. The van der Waals surface area contributed by atoms with E-state index in [1.807, 2.05) is 0 Å². The summed E-state index contributed by atoms with van der Waals surface area (Å²) in [7, 11) is 0.782. The Hall–Kier alpha value is -0.970. The zero-order valence-corrected chi connectivity index (χ0v) is 12.7. The third kappa shape index (κ3) is 4.01. The van der Waals surface area contributed by atoms with Crippen molar-refractivity contribution in [2.24, 2.45) is 5.92 Å². The van der Waals surface area contributed by atoms with E-state index >= 15 is 0 Å². The van der Waals surface area contributed by atoms with Crippen LogP contribution in [0.3, 0.4) is 0 Å². The van der Waals surface area contributed by atoms with Crippen molar-refractivity contribution in [1.29, 1.82) is 0 Å². The predicted molar refractivity (Wildman–Crippen MR) is 83.5 cm³/mol. The average molecular weight is 307 g/mol. The Morgan fingerprint density at radius 1 is 1.45 bits per heavy atom. The molecule has 20 heavy (non-hydrogen) atoms.